The van der Waals surface area contributed by atoms with Crippen LogP contribution in [0.15, 0.2) is 0 Å². The molecule has 0 spiro atoms. The van der Waals surface area contributed by atoms with E-state index in [-0.39, 0.29) is 23.7 Å². The highest BCUT2D eigenvalue weighted by Gasteiger charge is 2.26. The molecule has 1 saturated heterocycles. The minimum atomic E-state index is -0.0905. The van der Waals surface area contributed by atoms with Crippen molar-refractivity contribution < 1.29 is 14.7 Å². The Balaban J connectivity index is 2.26. The molecule has 1 heterocycles. The Labute approximate surface area is 94.0 Å². The van der Waals surface area contributed by atoms with E-state index in [0.717, 1.165) is 6.42 Å². The fraction of sp³-hybridized carbons (Fsp3) is 0.800. The van der Waals surface area contributed by atoms with E-state index >= 15 is 0 Å². The van der Waals surface area contributed by atoms with Crippen molar-refractivity contribution in [3.8, 4) is 0 Å². The summed E-state index contributed by atoms with van der Waals surface area (Å²) in [5.41, 5.74) is 0. The van der Waals surface area contributed by atoms with Crippen LogP contribution in [0, 0.1) is 0 Å². The monoisotopic (exact) mass is 231 g/mol. The molecular weight excluding hydrogens is 214 g/mol. The summed E-state index contributed by atoms with van der Waals surface area (Å²) in [5.74, 6) is 0.204. The number of hydrogen-bond donors (Lipinski definition) is 1. The number of aliphatic hydroxyl groups excluding tert-OH is 1. The zero-order chi connectivity index (χ0) is 11.3. The van der Waals surface area contributed by atoms with Crippen LogP contribution in [0.4, 0.5) is 0 Å². The van der Waals surface area contributed by atoms with Crippen molar-refractivity contribution in [1.82, 2.24) is 4.90 Å². The lowest BCUT2D eigenvalue weighted by Crippen LogP contribution is -2.33. The van der Waals surface area contributed by atoms with Crippen molar-refractivity contribution in [1.29, 1.82) is 0 Å². The molecule has 1 N–H and O–H groups in total. The minimum Gasteiger partial charge on any atom is -0.396 e. The molecule has 0 aromatic rings. The van der Waals surface area contributed by atoms with Gasteiger partial charge in [-0.2, -0.15) is 0 Å². The molecular formula is C10H17NO3S. The Hall–Kier alpha value is -0.550. The maximum atomic E-state index is 11.6. The van der Waals surface area contributed by atoms with Gasteiger partial charge in [0.25, 0.3) is 0 Å². The van der Waals surface area contributed by atoms with E-state index in [1.807, 2.05) is 6.92 Å². The van der Waals surface area contributed by atoms with Crippen molar-refractivity contribution in [3.05, 3.63) is 0 Å². The average Bonchev–Trinajstić information content (AvgIpc) is 2.61. The van der Waals surface area contributed by atoms with E-state index in [2.05, 4.69) is 0 Å². The molecule has 0 aromatic carbocycles. The van der Waals surface area contributed by atoms with Crippen LogP contribution in [-0.2, 0) is 9.59 Å². The summed E-state index contributed by atoms with van der Waals surface area (Å²) in [6.07, 6.45) is 1.98. The number of carbonyl (C=O) groups is 2. The predicted molar refractivity (Wildman–Crippen MR) is 59.6 cm³/mol. The first kappa shape index (κ1) is 12.5. The summed E-state index contributed by atoms with van der Waals surface area (Å²) in [5, 5.41) is 8.95. The molecule has 86 valence electrons. The molecule has 0 bridgehead atoms. The van der Waals surface area contributed by atoms with Crippen molar-refractivity contribution in [2.24, 2.45) is 0 Å². The molecule has 1 rings (SSSR count). The topological polar surface area (TPSA) is 57.6 Å². The molecule has 0 saturated carbocycles. The second-order valence-electron chi connectivity index (χ2n) is 3.68. The Kier molecular flexibility index (Phi) is 5.11. The second kappa shape index (κ2) is 6.12. The van der Waals surface area contributed by atoms with Crippen LogP contribution in [0.1, 0.15) is 26.2 Å². The highest BCUT2D eigenvalue weighted by atomic mass is 32.2. The largest absolute Gasteiger partial charge is 0.396 e. The molecule has 5 heteroatoms. The lowest BCUT2D eigenvalue weighted by Gasteiger charge is -2.15. The van der Waals surface area contributed by atoms with E-state index in [1.54, 1.807) is 0 Å². The molecule has 0 aromatic heterocycles. The summed E-state index contributed by atoms with van der Waals surface area (Å²) in [6, 6.07) is 0. The smallest absolute Gasteiger partial charge is 0.239 e. The highest BCUT2D eigenvalue weighted by molar-refractivity contribution is 8.00. The number of thioether (sulfide) groups is 1. The summed E-state index contributed by atoms with van der Waals surface area (Å²) in [7, 11) is 0. The number of hydrogen-bond acceptors (Lipinski definition) is 4. The third-order valence-corrected chi connectivity index (χ3v) is 3.62. The van der Waals surface area contributed by atoms with Gasteiger partial charge >= 0.3 is 0 Å². The predicted octanol–water partition coefficient (Wildman–Crippen LogP) is 0.639. The second-order valence-corrected chi connectivity index (χ2v) is 5.10. The fourth-order valence-electron chi connectivity index (χ4n) is 1.47. The molecule has 1 aliphatic heterocycles. The Morgan fingerprint density at radius 2 is 2.40 bits per heavy atom. The number of rotatable bonds is 5. The van der Waals surface area contributed by atoms with E-state index in [1.165, 1.54) is 16.7 Å². The zero-order valence-corrected chi connectivity index (χ0v) is 9.76. The minimum absolute atomic E-state index is 0.0459. The number of imide groups is 1. The number of nitrogens with zero attached hydrogens (tertiary/aromatic N) is 1. The third kappa shape index (κ3) is 3.83. The van der Waals surface area contributed by atoms with Gasteiger partial charge in [0.15, 0.2) is 0 Å². The maximum absolute atomic E-state index is 11.6. The lowest BCUT2D eigenvalue weighted by molar-refractivity contribution is -0.140. The first-order valence-electron chi connectivity index (χ1n) is 5.21. The van der Waals surface area contributed by atoms with Gasteiger partial charge in [-0.15, -0.1) is 11.8 Å². The van der Waals surface area contributed by atoms with E-state index < -0.39 is 0 Å². The van der Waals surface area contributed by atoms with Crippen LogP contribution in [0.5, 0.6) is 0 Å². The van der Waals surface area contributed by atoms with Crippen LogP contribution in [0.25, 0.3) is 0 Å². The van der Waals surface area contributed by atoms with Crippen LogP contribution in [0.3, 0.4) is 0 Å². The fourth-order valence-corrected chi connectivity index (χ4v) is 2.32. The van der Waals surface area contributed by atoms with Crippen LogP contribution in [0.2, 0.25) is 0 Å². The van der Waals surface area contributed by atoms with Crippen LogP contribution >= 0.6 is 11.8 Å². The quantitative estimate of drug-likeness (QED) is 0.754. The molecule has 4 nitrogen and oxygen atoms in total. The van der Waals surface area contributed by atoms with E-state index in [0.29, 0.717) is 25.1 Å². The standard InChI is InChI=1S/C10H17NO3S/c1-8(4-6-12)15-7-10(14)11-5-2-3-9(11)13/h8,12H,2-7H2,1H3. The van der Waals surface area contributed by atoms with E-state index in [4.69, 9.17) is 5.11 Å². The van der Waals surface area contributed by atoms with Gasteiger partial charge in [-0.3, -0.25) is 14.5 Å². The van der Waals surface area contributed by atoms with Crippen molar-refractivity contribution in [3.63, 3.8) is 0 Å². The molecule has 1 atom stereocenters. The number of likely N-dealkylation sites (tertiary alicyclic amines) is 1. The van der Waals surface area contributed by atoms with Crippen molar-refractivity contribution in [2.75, 3.05) is 18.9 Å². The first-order valence-corrected chi connectivity index (χ1v) is 6.25. The molecule has 2 amide bonds. The molecule has 0 aliphatic carbocycles. The summed E-state index contributed by atoms with van der Waals surface area (Å²) in [6.45, 7) is 2.69. The Morgan fingerprint density at radius 3 is 2.93 bits per heavy atom. The first-order chi connectivity index (χ1) is 7.15. The molecule has 15 heavy (non-hydrogen) atoms. The summed E-state index contributed by atoms with van der Waals surface area (Å²) in [4.78, 5) is 24.2. The number of carbonyl (C=O) groups excluding carboxylic acids is 2. The van der Waals surface area contributed by atoms with Gasteiger partial charge in [-0.1, -0.05) is 6.92 Å². The number of amides is 2. The highest BCUT2D eigenvalue weighted by Crippen LogP contribution is 2.17. The molecule has 1 fully saturated rings. The zero-order valence-electron chi connectivity index (χ0n) is 8.94. The maximum Gasteiger partial charge on any atom is 0.239 e. The Bertz CT molecular complexity index is 245. The molecule has 1 aliphatic rings. The van der Waals surface area contributed by atoms with Gasteiger partial charge in [0, 0.05) is 24.8 Å². The Morgan fingerprint density at radius 1 is 1.67 bits per heavy atom. The average molecular weight is 231 g/mol. The van der Waals surface area contributed by atoms with Crippen molar-refractivity contribution in [2.45, 2.75) is 31.4 Å². The van der Waals surface area contributed by atoms with Gasteiger partial charge in [0.05, 0.1) is 5.75 Å². The van der Waals surface area contributed by atoms with Crippen LogP contribution < -0.4 is 0 Å². The van der Waals surface area contributed by atoms with E-state index in [9.17, 15) is 9.59 Å². The van der Waals surface area contributed by atoms with Gasteiger partial charge in [0.2, 0.25) is 11.8 Å². The molecule has 0 radical (unpaired) electrons. The number of aliphatic hydroxyl groups is 1. The third-order valence-electron chi connectivity index (χ3n) is 2.40. The lowest BCUT2D eigenvalue weighted by atomic mass is 10.3. The summed E-state index contributed by atoms with van der Waals surface area (Å²) >= 11 is 1.49. The normalized spacial score (nSPS) is 18.3. The van der Waals surface area contributed by atoms with Crippen molar-refractivity contribution >= 4 is 23.6 Å². The van der Waals surface area contributed by atoms with Crippen LogP contribution in [-0.4, -0.2) is 46.0 Å². The van der Waals surface area contributed by atoms with Gasteiger partial charge in [0.1, 0.15) is 0 Å². The summed E-state index contributed by atoms with van der Waals surface area (Å²) < 4.78 is 0. The van der Waals surface area contributed by atoms with Gasteiger partial charge in [-0.25, -0.2) is 0 Å². The van der Waals surface area contributed by atoms with Gasteiger partial charge in [-0.05, 0) is 12.8 Å². The SMILES string of the molecule is CC(CCO)SCC(=O)N1CCCC1=O. The van der Waals surface area contributed by atoms with Gasteiger partial charge < -0.3 is 5.11 Å². The molecule has 1 unspecified atom stereocenters.